The van der Waals surface area contributed by atoms with Crippen molar-refractivity contribution < 1.29 is 5.11 Å². The molecule has 0 aliphatic carbocycles. The topological polar surface area (TPSA) is 55.9 Å². The molecule has 5 heteroatoms. The zero-order chi connectivity index (χ0) is 11.5. The van der Waals surface area contributed by atoms with Crippen molar-refractivity contribution in [2.45, 2.75) is 18.9 Å². The highest BCUT2D eigenvalue weighted by molar-refractivity contribution is 5.03. The molecule has 16 heavy (non-hydrogen) atoms. The van der Waals surface area contributed by atoms with Gasteiger partial charge in [0.05, 0.1) is 11.8 Å². The van der Waals surface area contributed by atoms with E-state index in [1.807, 2.05) is 37.1 Å². The molecule has 0 spiro atoms. The summed E-state index contributed by atoms with van der Waals surface area (Å²) in [5.41, 5.74) is 0.719. The van der Waals surface area contributed by atoms with Crippen LogP contribution in [-0.4, -0.2) is 24.4 Å². The lowest BCUT2D eigenvalue weighted by atomic mass is 10.1. The summed E-state index contributed by atoms with van der Waals surface area (Å²) < 4.78 is 3.66. The Hall–Kier alpha value is -1.62. The third kappa shape index (κ3) is 2.30. The van der Waals surface area contributed by atoms with Crippen molar-refractivity contribution in [2.75, 3.05) is 0 Å². The van der Waals surface area contributed by atoms with E-state index in [2.05, 4.69) is 10.1 Å². The van der Waals surface area contributed by atoms with Crippen LogP contribution >= 0.6 is 0 Å². The van der Waals surface area contributed by atoms with Crippen LogP contribution in [0.4, 0.5) is 0 Å². The van der Waals surface area contributed by atoms with Crippen molar-refractivity contribution in [1.29, 1.82) is 0 Å². The van der Waals surface area contributed by atoms with Crippen LogP contribution in [0.25, 0.3) is 0 Å². The zero-order valence-electron chi connectivity index (χ0n) is 9.54. The van der Waals surface area contributed by atoms with Crippen molar-refractivity contribution in [2.24, 2.45) is 14.1 Å². The Labute approximate surface area is 94.4 Å². The van der Waals surface area contributed by atoms with Crippen LogP contribution in [0.1, 0.15) is 24.0 Å². The Balaban J connectivity index is 1.93. The fourth-order valence-electron chi connectivity index (χ4n) is 1.66. The number of aryl methyl sites for hydroxylation is 3. The van der Waals surface area contributed by atoms with Gasteiger partial charge in [-0.25, -0.2) is 4.98 Å². The monoisotopic (exact) mass is 220 g/mol. The molecular formula is C11H16N4O. The van der Waals surface area contributed by atoms with Crippen LogP contribution in [0, 0.1) is 0 Å². The maximum atomic E-state index is 9.91. The Morgan fingerprint density at radius 1 is 1.38 bits per heavy atom. The normalized spacial score (nSPS) is 12.9. The van der Waals surface area contributed by atoms with Crippen LogP contribution in [0.5, 0.6) is 0 Å². The predicted octanol–water partition coefficient (Wildman–Crippen LogP) is 0.820. The summed E-state index contributed by atoms with van der Waals surface area (Å²) in [5, 5.41) is 14.1. The smallest absolute Gasteiger partial charge is 0.108 e. The van der Waals surface area contributed by atoms with E-state index in [1.165, 1.54) is 0 Å². The maximum absolute atomic E-state index is 9.91. The van der Waals surface area contributed by atoms with Gasteiger partial charge in [0.25, 0.3) is 0 Å². The molecule has 0 aromatic carbocycles. The summed E-state index contributed by atoms with van der Waals surface area (Å²) in [5.74, 6) is 0.981. The minimum Gasteiger partial charge on any atom is -0.387 e. The molecule has 0 saturated heterocycles. The Morgan fingerprint density at radius 2 is 2.19 bits per heavy atom. The van der Waals surface area contributed by atoms with E-state index in [9.17, 15) is 5.11 Å². The summed E-state index contributed by atoms with van der Waals surface area (Å²) in [6.07, 6.45) is 6.38. The van der Waals surface area contributed by atoms with E-state index in [4.69, 9.17) is 0 Å². The molecule has 1 unspecified atom stereocenters. The Morgan fingerprint density at radius 3 is 2.75 bits per heavy atom. The maximum Gasteiger partial charge on any atom is 0.108 e. The highest BCUT2D eigenvalue weighted by Gasteiger charge is 2.11. The molecule has 0 aliphatic rings. The highest BCUT2D eigenvalue weighted by Crippen LogP contribution is 2.16. The largest absolute Gasteiger partial charge is 0.387 e. The molecule has 1 atom stereocenters. The van der Waals surface area contributed by atoms with Gasteiger partial charge in [0.15, 0.2) is 0 Å². The Bertz CT molecular complexity index is 460. The molecule has 0 amide bonds. The Kier molecular flexibility index (Phi) is 3.05. The van der Waals surface area contributed by atoms with Gasteiger partial charge in [-0.2, -0.15) is 5.10 Å². The minimum absolute atomic E-state index is 0.516. The molecule has 0 aliphatic heterocycles. The number of aliphatic hydroxyl groups is 1. The van der Waals surface area contributed by atoms with Gasteiger partial charge < -0.3 is 9.67 Å². The molecular weight excluding hydrogens is 204 g/mol. The molecule has 1 N–H and O–H groups in total. The van der Waals surface area contributed by atoms with Crippen molar-refractivity contribution >= 4 is 0 Å². The van der Waals surface area contributed by atoms with E-state index in [1.54, 1.807) is 10.9 Å². The quantitative estimate of drug-likeness (QED) is 0.830. The number of hydrogen-bond donors (Lipinski definition) is 1. The van der Waals surface area contributed by atoms with Crippen molar-refractivity contribution in [3.63, 3.8) is 0 Å². The van der Waals surface area contributed by atoms with Gasteiger partial charge in [0.1, 0.15) is 5.82 Å². The van der Waals surface area contributed by atoms with Crippen LogP contribution < -0.4 is 0 Å². The zero-order valence-corrected chi connectivity index (χ0v) is 9.54. The van der Waals surface area contributed by atoms with Crippen LogP contribution in [0.2, 0.25) is 0 Å². The first-order chi connectivity index (χ1) is 7.66. The summed E-state index contributed by atoms with van der Waals surface area (Å²) in [7, 11) is 3.80. The molecule has 2 rings (SSSR count). The molecule has 0 bridgehead atoms. The van der Waals surface area contributed by atoms with Gasteiger partial charge >= 0.3 is 0 Å². The second-order valence-electron chi connectivity index (χ2n) is 3.92. The third-order valence-corrected chi connectivity index (χ3v) is 2.64. The van der Waals surface area contributed by atoms with Crippen molar-refractivity contribution in [3.05, 3.63) is 36.2 Å². The second kappa shape index (κ2) is 4.49. The summed E-state index contributed by atoms with van der Waals surface area (Å²) >= 11 is 0. The lowest BCUT2D eigenvalue weighted by molar-refractivity contribution is 0.161. The van der Waals surface area contributed by atoms with Gasteiger partial charge in [-0.15, -0.1) is 0 Å². The molecule has 86 valence electrons. The number of nitrogens with zero attached hydrogens (tertiary/aromatic N) is 4. The minimum atomic E-state index is -0.516. The molecule has 0 fully saturated rings. The van der Waals surface area contributed by atoms with Gasteiger partial charge in [-0.1, -0.05) is 0 Å². The van der Waals surface area contributed by atoms with Crippen LogP contribution in [0.15, 0.2) is 24.7 Å². The fourth-order valence-corrected chi connectivity index (χ4v) is 1.66. The number of imidazole rings is 1. The molecule has 5 nitrogen and oxygen atoms in total. The molecule has 2 aromatic rings. The first kappa shape index (κ1) is 10.9. The predicted molar refractivity (Wildman–Crippen MR) is 59.7 cm³/mol. The van der Waals surface area contributed by atoms with E-state index < -0.39 is 6.10 Å². The van der Waals surface area contributed by atoms with Gasteiger partial charge in [-0.05, 0) is 12.5 Å². The highest BCUT2D eigenvalue weighted by atomic mass is 16.3. The third-order valence-electron chi connectivity index (χ3n) is 2.64. The first-order valence-corrected chi connectivity index (χ1v) is 5.30. The van der Waals surface area contributed by atoms with E-state index in [0.29, 0.717) is 6.42 Å². The van der Waals surface area contributed by atoms with Crippen molar-refractivity contribution in [1.82, 2.24) is 19.3 Å². The fraction of sp³-hybridized carbons (Fsp3) is 0.455. The van der Waals surface area contributed by atoms with E-state index >= 15 is 0 Å². The number of rotatable bonds is 4. The molecule has 0 saturated carbocycles. The molecule has 0 radical (unpaired) electrons. The first-order valence-electron chi connectivity index (χ1n) is 5.30. The van der Waals surface area contributed by atoms with Gasteiger partial charge in [0, 0.05) is 39.1 Å². The van der Waals surface area contributed by atoms with Crippen LogP contribution in [-0.2, 0) is 20.5 Å². The van der Waals surface area contributed by atoms with Gasteiger partial charge in [-0.3, -0.25) is 4.68 Å². The average molecular weight is 220 g/mol. The molecule has 2 heterocycles. The summed E-state index contributed by atoms with van der Waals surface area (Å²) in [4.78, 5) is 4.21. The van der Waals surface area contributed by atoms with E-state index in [-0.39, 0.29) is 0 Å². The summed E-state index contributed by atoms with van der Waals surface area (Å²) in [6, 6.07) is 1.84. The summed E-state index contributed by atoms with van der Waals surface area (Å²) in [6.45, 7) is 0. The standard InChI is InChI=1S/C11H16N4O/c1-14-8-6-12-11(14)4-3-10(16)9-5-7-15(2)13-9/h5-8,10,16H,3-4H2,1-2H3. The number of aromatic nitrogens is 4. The molecule has 2 aromatic heterocycles. The van der Waals surface area contributed by atoms with E-state index in [0.717, 1.165) is 17.9 Å². The lowest BCUT2D eigenvalue weighted by Gasteiger charge is -2.07. The van der Waals surface area contributed by atoms with Crippen LogP contribution in [0.3, 0.4) is 0 Å². The second-order valence-corrected chi connectivity index (χ2v) is 3.92. The lowest BCUT2D eigenvalue weighted by Crippen LogP contribution is -2.04. The average Bonchev–Trinajstić information content (AvgIpc) is 2.84. The number of aliphatic hydroxyl groups excluding tert-OH is 1. The van der Waals surface area contributed by atoms with Gasteiger partial charge in [0.2, 0.25) is 0 Å². The van der Waals surface area contributed by atoms with Crippen molar-refractivity contribution in [3.8, 4) is 0 Å². The SMILES string of the molecule is Cn1ccc(C(O)CCc2nccn2C)n1. The number of hydrogen-bond acceptors (Lipinski definition) is 3.